The van der Waals surface area contributed by atoms with Gasteiger partial charge in [-0.05, 0) is 34.6 Å². The molecule has 1 N–H and O–H groups in total. The summed E-state index contributed by atoms with van der Waals surface area (Å²) in [5, 5.41) is 2.64. The van der Waals surface area contributed by atoms with Crippen LogP contribution in [0.5, 0.6) is 0 Å². The Balaban J connectivity index is 1.93. The molecule has 2 rings (SSSR count). The second-order valence-electron chi connectivity index (χ2n) is 4.66. The fraction of sp³-hybridized carbons (Fsp3) is 0.429. The van der Waals surface area contributed by atoms with Crippen LogP contribution in [-0.4, -0.2) is 54.3 Å². The molecule has 1 aliphatic heterocycles. The maximum Gasteiger partial charge on any atom is 0.313 e. The highest BCUT2D eigenvalue weighted by Crippen LogP contribution is 2.21. The van der Waals surface area contributed by atoms with E-state index in [1.165, 1.54) is 0 Å². The molecule has 5 nitrogen and oxygen atoms in total. The van der Waals surface area contributed by atoms with Crippen molar-refractivity contribution in [2.24, 2.45) is 0 Å². The van der Waals surface area contributed by atoms with Crippen LogP contribution in [0.2, 0.25) is 0 Å². The molecule has 0 aromatic heterocycles. The first-order valence-electron chi connectivity index (χ1n) is 6.69. The molecule has 1 heterocycles. The fourth-order valence-corrected chi connectivity index (χ4v) is 2.53. The van der Waals surface area contributed by atoms with Gasteiger partial charge in [-0.2, -0.15) is 0 Å². The number of nitrogens with one attached hydrogen (secondary N) is 1. The van der Waals surface area contributed by atoms with E-state index in [9.17, 15) is 9.59 Å². The Hall–Kier alpha value is -1.40. The quantitative estimate of drug-likeness (QED) is 0.832. The maximum absolute atomic E-state index is 12.1. The lowest BCUT2D eigenvalue weighted by atomic mass is 10.3. The van der Waals surface area contributed by atoms with Crippen LogP contribution in [-0.2, 0) is 9.59 Å². The molecule has 20 heavy (non-hydrogen) atoms. The van der Waals surface area contributed by atoms with Gasteiger partial charge in [0.05, 0.1) is 5.69 Å². The second-order valence-corrected chi connectivity index (χ2v) is 5.51. The molecule has 0 bridgehead atoms. The lowest BCUT2D eigenvalue weighted by Crippen LogP contribution is -2.51. The van der Waals surface area contributed by atoms with Gasteiger partial charge in [-0.25, -0.2) is 0 Å². The summed E-state index contributed by atoms with van der Waals surface area (Å²) in [4.78, 5) is 27.9. The average Bonchev–Trinajstić information content (AvgIpc) is 2.49. The van der Waals surface area contributed by atoms with Gasteiger partial charge in [-0.15, -0.1) is 0 Å². The third kappa shape index (κ3) is 3.58. The minimum atomic E-state index is -0.582. The molecule has 6 heteroatoms. The monoisotopic (exact) mass is 339 g/mol. The Bertz CT molecular complexity index is 499. The molecule has 1 aliphatic rings. The summed E-state index contributed by atoms with van der Waals surface area (Å²) in [6.07, 6.45) is 0. The largest absolute Gasteiger partial charge is 0.332 e. The minimum Gasteiger partial charge on any atom is -0.332 e. The Morgan fingerprint density at radius 2 is 1.85 bits per heavy atom. The van der Waals surface area contributed by atoms with Crippen molar-refractivity contribution in [1.82, 2.24) is 9.80 Å². The second kappa shape index (κ2) is 6.85. The van der Waals surface area contributed by atoms with Gasteiger partial charge in [0.25, 0.3) is 0 Å². The summed E-state index contributed by atoms with van der Waals surface area (Å²) < 4.78 is 0.761. The summed E-state index contributed by atoms with van der Waals surface area (Å²) in [6, 6.07) is 7.24. The lowest BCUT2D eigenvalue weighted by Gasteiger charge is -2.33. The number of amides is 2. The van der Waals surface area contributed by atoms with Crippen LogP contribution < -0.4 is 5.32 Å². The SMILES string of the molecule is CCN1CCN(C(=O)C(=O)Nc2ccccc2Br)CC1. The Kier molecular flexibility index (Phi) is 5.14. The van der Waals surface area contributed by atoms with Crippen LogP contribution in [0.1, 0.15) is 6.92 Å². The van der Waals surface area contributed by atoms with Crippen molar-refractivity contribution < 1.29 is 9.59 Å². The third-order valence-electron chi connectivity index (χ3n) is 3.42. The molecule has 0 atom stereocenters. The van der Waals surface area contributed by atoms with Gasteiger partial charge < -0.3 is 15.1 Å². The summed E-state index contributed by atoms with van der Waals surface area (Å²) in [5.74, 6) is -1.04. The number of carbonyl (C=O) groups is 2. The molecule has 0 radical (unpaired) electrons. The highest BCUT2D eigenvalue weighted by molar-refractivity contribution is 9.10. The smallest absolute Gasteiger partial charge is 0.313 e. The van der Waals surface area contributed by atoms with Crippen LogP contribution in [0, 0.1) is 0 Å². The molecular weight excluding hydrogens is 322 g/mol. The molecule has 2 amide bonds. The first-order chi connectivity index (χ1) is 9.61. The first kappa shape index (κ1) is 15.0. The number of hydrogen-bond donors (Lipinski definition) is 1. The minimum absolute atomic E-state index is 0.462. The van der Waals surface area contributed by atoms with Crippen LogP contribution in [0.25, 0.3) is 0 Å². The van der Waals surface area contributed by atoms with E-state index in [0.29, 0.717) is 18.8 Å². The van der Waals surface area contributed by atoms with Gasteiger partial charge in [0.2, 0.25) is 0 Å². The Labute approximate surface area is 127 Å². The number of benzene rings is 1. The van der Waals surface area contributed by atoms with Gasteiger partial charge in [-0.1, -0.05) is 19.1 Å². The van der Waals surface area contributed by atoms with Crippen molar-refractivity contribution in [2.45, 2.75) is 6.92 Å². The predicted octanol–water partition coefficient (Wildman–Crippen LogP) is 1.55. The molecule has 1 fully saturated rings. The van der Waals surface area contributed by atoms with Crippen LogP contribution in [0.15, 0.2) is 28.7 Å². The summed E-state index contributed by atoms with van der Waals surface area (Å²) >= 11 is 3.34. The highest BCUT2D eigenvalue weighted by atomic mass is 79.9. The molecular formula is C14H18BrN3O2. The summed E-state index contributed by atoms with van der Waals surface area (Å²) in [6.45, 7) is 5.93. The van der Waals surface area contributed by atoms with E-state index in [-0.39, 0.29) is 0 Å². The van der Waals surface area contributed by atoms with Crippen molar-refractivity contribution in [3.8, 4) is 0 Å². The van der Waals surface area contributed by atoms with E-state index in [0.717, 1.165) is 24.1 Å². The zero-order chi connectivity index (χ0) is 14.5. The zero-order valence-corrected chi connectivity index (χ0v) is 13.0. The number of halogens is 1. The molecule has 0 saturated carbocycles. The van der Waals surface area contributed by atoms with E-state index in [2.05, 4.69) is 33.1 Å². The van der Waals surface area contributed by atoms with Gasteiger partial charge in [-0.3, -0.25) is 9.59 Å². The van der Waals surface area contributed by atoms with Crippen molar-refractivity contribution in [2.75, 3.05) is 38.0 Å². The number of carbonyl (C=O) groups excluding carboxylic acids is 2. The number of anilines is 1. The zero-order valence-electron chi connectivity index (χ0n) is 11.4. The fourth-order valence-electron chi connectivity index (χ4n) is 2.15. The lowest BCUT2D eigenvalue weighted by molar-refractivity contribution is -0.144. The molecule has 0 aliphatic carbocycles. The van der Waals surface area contributed by atoms with E-state index in [1.54, 1.807) is 11.0 Å². The van der Waals surface area contributed by atoms with Gasteiger partial charge >= 0.3 is 11.8 Å². The van der Waals surface area contributed by atoms with Crippen molar-refractivity contribution in [3.05, 3.63) is 28.7 Å². The van der Waals surface area contributed by atoms with Gasteiger partial charge in [0.15, 0.2) is 0 Å². The number of hydrogen-bond acceptors (Lipinski definition) is 3. The van der Waals surface area contributed by atoms with E-state index >= 15 is 0 Å². The van der Waals surface area contributed by atoms with E-state index < -0.39 is 11.8 Å². The highest BCUT2D eigenvalue weighted by Gasteiger charge is 2.25. The molecule has 1 aromatic carbocycles. The van der Waals surface area contributed by atoms with Crippen LogP contribution in [0.3, 0.4) is 0 Å². The topological polar surface area (TPSA) is 52.7 Å². The van der Waals surface area contributed by atoms with E-state index in [4.69, 9.17) is 0 Å². The summed E-state index contributed by atoms with van der Waals surface area (Å²) in [5.41, 5.74) is 0.609. The molecule has 108 valence electrons. The van der Waals surface area contributed by atoms with Crippen molar-refractivity contribution in [3.63, 3.8) is 0 Å². The van der Waals surface area contributed by atoms with E-state index in [1.807, 2.05) is 18.2 Å². The predicted molar refractivity (Wildman–Crippen MR) is 81.5 cm³/mol. The number of rotatable bonds is 2. The standard InChI is InChI=1S/C14H18BrN3O2/c1-2-17-7-9-18(10-8-17)14(20)13(19)16-12-6-4-3-5-11(12)15/h3-6H,2,7-10H2,1H3,(H,16,19). The maximum atomic E-state index is 12.1. The third-order valence-corrected chi connectivity index (χ3v) is 4.11. The summed E-state index contributed by atoms with van der Waals surface area (Å²) in [7, 11) is 0. The van der Waals surface area contributed by atoms with Crippen molar-refractivity contribution >= 4 is 33.4 Å². The number of likely N-dealkylation sites (N-methyl/N-ethyl adjacent to an activating group) is 1. The molecule has 0 unspecified atom stereocenters. The molecule has 0 spiro atoms. The Morgan fingerprint density at radius 3 is 2.45 bits per heavy atom. The van der Waals surface area contributed by atoms with Crippen LogP contribution in [0.4, 0.5) is 5.69 Å². The van der Waals surface area contributed by atoms with Crippen molar-refractivity contribution in [1.29, 1.82) is 0 Å². The Morgan fingerprint density at radius 1 is 1.20 bits per heavy atom. The first-order valence-corrected chi connectivity index (χ1v) is 7.48. The van der Waals surface area contributed by atoms with Gasteiger partial charge in [0, 0.05) is 30.7 Å². The molecule has 1 aromatic rings. The van der Waals surface area contributed by atoms with Crippen LogP contribution >= 0.6 is 15.9 Å². The number of piperazine rings is 1. The normalized spacial score (nSPS) is 16.0. The average molecular weight is 340 g/mol. The number of para-hydroxylation sites is 1. The van der Waals surface area contributed by atoms with Gasteiger partial charge in [0.1, 0.15) is 0 Å². The number of nitrogens with zero attached hydrogens (tertiary/aromatic N) is 2. The molecule has 1 saturated heterocycles.